The normalized spacial score (nSPS) is 15.4. The lowest BCUT2D eigenvalue weighted by atomic mass is 9.87. The van der Waals surface area contributed by atoms with Crippen LogP contribution in [0.1, 0.15) is 48.4 Å². The van der Waals surface area contributed by atoms with Gasteiger partial charge in [-0.2, -0.15) is 5.10 Å². The van der Waals surface area contributed by atoms with Crippen LogP contribution in [0.4, 0.5) is 14.6 Å². The first-order chi connectivity index (χ1) is 19.5. The molecule has 1 atom stereocenters. The zero-order valence-corrected chi connectivity index (χ0v) is 24.4. The van der Waals surface area contributed by atoms with Gasteiger partial charge in [-0.1, -0.05) is 62.7 Å². The zero-order chi connectivity index (χ0) is 29.3. The van der Waals surface area contributed by atoms with E-state index in [0.717, 1.165) is 22.4 Å². The van der Waals surface area contributed by atoms with Crippen molar-refractivity contribution < 1.29 is 18.4 Å². The third kappa shape index (κ3) is 6.16. The second kappa shape index (κ2) is 11.7. The Bertz CT molecular complexity index is 1580. The highest BCUT2D eigenvalue weighted by Gasteiger charge is 2.40. The molecular weight excluding hydrogens is 566 g/mol. The van der Waals surface area contributed by atoms with Crippen molar-refractivity contribution in [3.63, 3.8) is 0 Å². The van der Waals surface area contributed by atoms with Gasteiger partial charge in [0.15, 0.2) is 0 Å². The first kappa shape index (κ1) is 28.8. The Balaban J connectivity index is 1.64. The lowest BCUT2D eigenvalue weighted by Gasteiger charge is -2.25. The highest BCUT2D eigenvalue weighted by molar-refractivity contribution is 8.00. The van der Waals surface area contributed by atoms with E-state index >= 15 is 0 Å². The zero-order valence-electron chi connectivity index (χ0n) is 22.8. The molecule has 4 aromatic rings. The molecule has 6 nitrogen and oxygen atoms in total. The Labute approximate surface area is 246 Å². The molecule has 212 valence electrons. The number of nitrogens with zero attached hydrogens (tertiary/aromatic N) is 3. The molecule has 0 aliphatic carbocycles. The standard InChI is InChI=1S/C31H29ClF2N4O2S/c1-31(2,3)29-27-28(23-6-4-5-7-24(23)32)41-18-26(40)37(17-25(39)35-16-19-8-10-20(33)11-9-19)30(27)38(36-29)22-14-12-21(34)13-15-22/h4-15,28H,16-18H2,1-3H3,(H,35,39)/t28-/m1/s1. The SMILES string of the molecule is CC(C)(C)c1nn(-c2ccc(F)cc2)c2c1[C@@H](c1ccccc1Cl)SCC(=O)N2CC(=O)NCc1ccc(F)cc1. The number of nitrogens with one attached hydrogen (secondary N) is 1. The summed E-state index contributed by atoms with van der Waals surface area (Å²) in [6, 6.07) is 19.2. The summed E-state index contributed by atoms with van der Waals surface area (Å²) in [5.74, 6) is -0.885. The van der Waals surface area contributed by atoms with E-state index in [1.165, 1.54) is 40.9 Å². The van der Waals surface area contributed by atoms with E-state index in [9.17, 15) is 18.4 Å². The third-order valence-corrected chi connectivity index (χ3v) is 8.34. The van der Waals surface area contributed by atoms with Crippen LogP contribution in [0.3, 0.4) is 0 Å². The average Bonchev–Trinajstić information content (AvgIpc) is 3.27. The average molecular weight is 595 g/mol. The molecule has 0 saturated carbocycles. The number of benzene rings is 3. The summed E-state index contributed by atoms with van der Waals surface area (Å²) in [6.07, 6.45) is 0. The first-order valence-electron chi connectivity index (χ1n) is 13.1. The number of carbonyl (C=O) groups excluding carboxylic acids is 2. The van der Waals surface area contributed by atoms with Crippen molar-refractivity contribution in [1.82, 2.24) is 15.1 Å². The Morgan fingerprint density at radius 2 is 1.66 bits per heavy atom. The van der Waals surface area contributed by atoms with E-state index in [1.54, 1.807) is 28.9 Å². The second-order valence-electron chi connectivity index (χ2n) is 10.8. The number of fused-ring (bicyclic) bond motifs is 1. The van der Waals surface area contributed by atoms with E-state index in [-0.39, 0.29) is 41.7 Å². The molecule has 0 unspecified atom stereocenters. The van der Waals surface area contributed by atoms with Gasteiger partial charge >= 0.3 is 0 Å². The summed E-state index contributed by atoms with van der Waals surface area (Å²) in [5.41, 5.74) is 3.17. The van der Waals surface area contributed by atoms with Crippen LogP contribution in [0.25, 0.3) is 5.69 Å². The highest BCUT2D eigenvalue weighted by Crippen LogP contribution is 2.49. The number of carbonyl (C=O) groups is 2. The number of amides is 2. The monoisotopic (exact) mass is 594 g/mol. The van der Waals surface area contributed by atoms with Gasteiger partial charge in [0.1, 0.15) is 24.0 Å². The molecular formula is C31H29ClF2N4O2S. The lowest BCUT2D eigenvalue weighted by Crippen LogP contribution is -2.42. The van der Waals surface area contributed by atoms with Gasteiger partial charge in [-0.3, -0.25) is 14.5 Å². The fourth-order valence-electron chi connectivity index (χ4n) is 4.77. The fraction of sp³-hybridized carbons (Fsp3) is 0.258. The predicted octanol–water partition coefficient (Wildman–Crippen LogP) is 6.59. The van der Waals surface area contributed by atoms with Gasteiger partial charge in [-0.25, -0.2) is 13.5 Å². The molecule has 1 N–H and O–H groups in total. The van der Waals surface area contributed by atoms with Crippen LogP contribution in [-0.2, 0) is 21.5 Å². The Hall–Kier alpha value is -3.69. The Kier molecular flexibility index (Phi) is 8.20. The first-order valence-corrected chi connectivity index (χ1v) is 14.5. The summed E-state index contributed by atoms with van der Waals surface area (Å²) in [7, 11) is 0. The van der Waals surface area contributed by atoms with Crippen LogP contribution in [0.5, 0.6) is 0 Å². The van der Waals surface area contributed by atoms with Crippen molar-refractivity contribution in [1.29, 1.82) is 0 Å². The van der Waals surface area contributed by atoms with Gasteiger partial charge in [-0.15, -0.1) is 11.8 Å². The molecule has 10 heteroatoms. The Morgan fingerprint density at radius 1 is 1.02 bits per heavy atom. The summed E-state index contributed by atoms with van der Waals surface area (Å²) >= 11 is 8.11. The van der Waals surface area contributed by atoms with Crippen LogP contribution < -0.4 is 10.2 Å². The van der Waals surface area contributed by atoms with Gasteiger partial charge in [0, 0.05) is 22.5 Å². The fourth-order valence-corrected chi connectivity index (χ4v) is 6.31. The minimum absolute atomic E-state index is 0.100. The van der Waals surface area contributed by atoms with Crippen molar-refractivity contribution >= 4 is 41.0 Å². The lowest BCUT2D eigenvalue weighted by molar-refractivity contribution is -0.123. The smallest absolute Gasteiger partial charge is 0.240 e. The maximum absolute atomic E-state index is 13.9. The minimum Gasteiger partial charge on any atom is -0.350 e. The number of hydrogen-bond donors (Lipinski definition) is 1. The van der Waals surface area contributed by atoms with E-state index in [0.29, 0.717) is 16.5 Å². The van der Waals surface area contributed by atoms with E-state index in [4.69, 9.17) is 16.7 Å². The predicted molar refractivity (Wildman–Crippen MR) is 159 cm³/mol. The van der Waals surface area contributed by atoms with Gasteiger partial charge in [0.2, 0.25) is 11.8 Å². The van der Waals surface area contributed by atoms with Crippen molar-refractivity contribution in [3.05, 3.63) is 112 Å². The molecule has 5 rings (SSSR count). The van der Waals surface area contributed by atoms with Gasteiger partial charge in [0.25, 0.3) is 0 Å². The van der Waals surface area contributed by atoms with Crippen LogP contribution in [0.2, 0.25) is 5.02 Å². The van der Waals surface area contributed by atoms with Gasteiger partial charge < -0.3 is 5.32 Å². The largest absolute Gasteiger partial charge is 0.350 e. The van der Waals surface area contributed by atoms with Crippen molar-refractivity contribution in [2.45, 2.75) is 38.0 Å². The van der Waals surface area contributed by atoms with Gasteiger partial charge in [0.05, 0.1) is 22.4 Å². The molecule has 3 aromatic carbocycles. The second-order valence-corrected chi connectivity index (χ2v) is 12.3. The van der Waals surface area contributed by atoms with E-state index < -0.39 is 11.2 Å². The molecule has 0 saturated heterocycles. The third-order valence-electron chi connectivity index (χ3n) is 6.76. The van der Waals surface area contributed by atoms with Crippen molar-refractivity contribution in [3.8, 4) is 5.69 Å². The van der Waals surface area contributed by atoms with E-state index in [1.807, 2.05) is 45.0 Å². The topological polar surface area (TPSA) is 67.2 Å². The van der Waals surface area contributed by atoms with Crippen LogP contribution in [0, 0.1) is 11.6 Å². The van der Waals surface area contributed by atoms with Crippen LogP contribution in [0.15, 0.2) is 72.8 Å². The summed E-state index contributed by atoms with van der Waals surface area (Å²) < 4.78 is 28.8. The summed E-state index contributed by atoms with van der Waals surface area (Å²) in [6.45, 7) is 6.01. The number of hydrogen-bond acceptors (Lipinski definition) is 4. The highest BCUT2D eigenvalue weighted by atomic mass is 35.5. The quantitative estimate of drug-likeness (QED) is 0.274. The molecule has 0 fully saturated rings. The minimum atomic E-state index is -0.445. The molecule has 1 aromatic heterocycles. The maximum atomic E-state index is 13.9. The molecule has 0 spiro atoms. The van der Waals surface area contributed by atoms with Crippen molar-refractivity contribution in [2.24, 2.45) is 0 Å². The molecule has 41 heavy (non-hydrogen) atoms. The number of aromatic nitrogens is 2. The molecule has 1 aliphatic heterocycles. The molecule has 1 aliphatic rings. The maximum Gasteiger partial charge on any atom is 0.240 e. The van der Waals surface area contributed by atoms with Crippen molar-refractivity contribution in [2.75, 3.05) is 17.2 Å². The van der Waals surface area contributed by atoms with E-state index in [2.05, 4.69) is 5.32 Å². The number of anilines is 1. The number of halogens is 3. The molecule has 2 amide bonds. The summed E-state index contributed by atoms with van der Waals surface area (Å²) in [4.78, 5) is 28.4. The molecule has 0 radical (unpaired) electrons. The number of thioether (sulfide) groups is 1. The number of rotatable bonds is 6. The van der Waals surface area contributed by atoms with Crippen LogP contribution >= 0.6 is 23.4 Å². The Morgan fingerprint density at radius 3 is 2.29 bits per heavy atom. The van der Waals surface area contributed by atoms with Crippen LogP contribution in [-0.4, -0.2) is 33.9 Å². The molecule has 0 bridgehead atoms. The van der Waals surface area contributed by atoms with Gasteiger partial charge in [-0.05, 0) is 53.6 Å². The summed E-state index contributed by atoms with van der Waals surface area (Å²) in [5, 5.41) is 8.02. The molecule has 2 heterocycles.